The molecule has 7 atom stereocenters. The third kappa shape index (κ3) is 5.25. The highest BCUT2D eigenvalue weighted by atomic mass is 16.7. The summed E-state index contributed by atoms with van der Waals surface area (Å²) in [5, 5.41) is 39.0. The number of carboxylic acids is 1. The van der Waals surface area contributed by atoms with Crippen LogP contribution in [0.1, 0.15) is 25.7 Å². The van der Waals surface area contributed by atoms with E-state index in [4.69, 9.17) is 14.6 Å². The van der Waals surface area contributed by atoms with Crippen molar-refractivity contribution in [2.75, 3.05) is 37.6 Å². The Balaban J connectivity index is 1.15. The molecular formula is C23H31N5O9. The predicted molar refractivity (Wildman–Crippen MR) is 123 cm³/mol. The van der Waals surface area contributed by atoms with Gasteiger partial charge in [-0.3, -0.25) is 19.4 Å². The Morgan fingerprint density at radius 3 is 2.38 bits per heavy atom. The number of amides is 2. The standard InChI is InChI=1S/C23H31N5O9/c29-15-3-4-16(30)28(15)10-12-1-2-13-11-27(6-5-26(13)9-12)23-24-7-14(8-25-23)36-22-19(33)17(31)18(32)20(37-22)21(34)35/h7-8,12-13,17-20,22,31-33H,1-6,9-11H2,(H,34,35)/t12-,13+,17+,18+,19-,20+,22-/m1/s1. The Morgan fingerprint density at radius 2 is 1.70 bits per heavy atom. The fourth-order valence-electron chi connectivity index (χ4n) is 5.49. The molecule has 0 spiro atoms. The number of aliphatic hydroxyl groups excluding tert-OH is 3. The smallest absolute Gasteiger partial charge is 0.335 e. The number of piperidine rings is 1. The Bertz CT molecular complexity index is 1010. The second-order valence-electron chi connectivity index (χ2n) is 10.0. The van der Waals surface area contributed by atoms with Gasteiger partial charge in [-0.05, 0) is 18.8 Å². The molecule has 0 aromatic carbocycles. The molecule has 0 unspecified atom stereocenters. The summed E-state index contributed by atoms with van der Waals surface area (Å²) in [6.07, 6.45) is -3.27. The summed E-state index contributed by atoms with van der Waals surface area (Å²) in [4.78, 5) is 49.7. The lowest BCUT2D eigenvalue weighted by Gasteiger charge is -2.46. The van der Waals surface area contributed by atoms with Gasteiger partial charge in [-0.15, -0.1) is 0 Å². The zero-order valence-electron chi connectivity index (χ0n) is 20.1. The number of imide groups is 1. The molecule has 4 fully saturated rings. The maximum absolute atomic E-state index is 12.0. The van der Waals surface area contributed by atoms with E-state index in [1.807, 2.05) is 0 Å². The predicted octanol–water partition coefficient (Wildman–Crippen LogP) is -2.20. The normalized spacial score (nSPS) is 34.9. The topological polar surface area (TPSA) is 186 Å². The number of hydrogen-bond donors (Lipinski definition) is 4. The summed E-state index contributed by atoms with van der Waals surface area (Å²) < 4.78 is 10.6. The summed E-state index contributed by atoms with van der Waals surface area (Å²) in [5.41, 5.74) is 0. The van der Waals surface area contributed by atoms with Crippen molar-refractivity contribution >= 4 is 23.7 Å². The first-order valence-electron chi connectivity index (χ1n) is 12.4. The van der Waals surface area contributed by atoms with Crippen molar-refractivity contribution in [1.82, 2.24) is 19.8 Å². The summed E-state index contributed by atoms with van der Waals surface area (Å²) in [6.45, 7) is 3.55. The average molecular weight is 522 g/mol. The van der Waals surface area contributed by atoms with Crippen LogP contribution in [0.3, 0.4) is 0 Å². The zero-order valence-corrected chi connectivity index (χ0v) is 20.1. The van der Waals surface area contributed by atoms with E-state index in [0.717, 1.165) is 32.5 Å². The highest BCUT2D eigenvalue weighted by Crippen LogP contribution is 2.29. The highest BCUT2D eigenvalue weighted by Gasteiger charge is 2.48. The molecule has 1 aromatic rings. The van der Waals surface area contributed by atoms with Crippen molar-refractivity contribution in [1.29, 1.82) is 0 Å². The molecule has 4 aliphatic heterocycles. The fourth-order valence-corrected chi connectivity index (χ4v) is 5.49. The van der Waals surface area contributed by atoms with Gasteiger partial charge in [0, 0.05) is 51.6 Å². The first-order chi connectivity index (χ1) is 17.7. The van der Waals surface area contributed by atoms with Gasteiger partial charge in [0.1, 0.15) is 18.3 Å². The minimum Gasteiger partial charge on any atom is -0.479 e. The number of carbonyl (C=O) groups excluding carboxylic acids is 2. The number of carboxylic acid groups (broad SMARTS) is 1. The fraction of sp³-hybridized carbons (Fsp3) is 0.696. The van der Waals surface area contributed by atoms with E-state index in [1.165, 1.54) is 17.3 Å². The molecule has 14 heteroatoms. The Hall–Kier alpha value is -2.91. The maximum atomic E-state index is 12.0. The molecule has 5 heterocycles. The van der Waals surface area contributed by atoms with Gasteiger partial charge < -0.3 is 34.8 Å². The number of piperazine rings is 1. The molecule has 0 aliphatic carbocycles. The molecular weight excluding hydrogens is 490 g/mol. The molecule has 202 valence electrons. The number of aliphatic carboxylic acids is 1. The van der Waals surface area contributed by atoms with E-state index in [-0.39, 0.29) is 23.5 Å². The first kappa shape index (κ1) is 25.7. The van der Waals surface area contributed by atoms with Crippen LogP contribution in [0.5, 0.6) is 5.75 Å². The Labute approximate surface area is 212 Å². The largest absolute Gasteiger partial charge is 0.479 e. The van der Waals surface area contributed by atoms with E-state index in [2.05, 4.69) is 19.8 Å². The highest BCUT2D eigenvalue weighted by molar-refractivity contribution is 6.01. The summed E-state index contributed by atoms with van der Waals surface area (Å²) >= 11 is 0. The Kier molecular flexibility index (Phi) is 7.27. The maximum Gasteiger partial charge on any atom is 0.335 e. The van der Waals surface area contributed by atoms with Gasteiger partial charge in [-0.25, -0.2) is 14.8 Å². The van der Waals surface area contributed by atoms with E-state index >= 15 is 0 Å². The molecule has 2 amide bonds. The van der Waals surface area contributed by atoms with Crippen LogP contribution < -0.4 is 9.64 Å². The number of nitrogens with zero attached hydrogens (tertiary/aromatic N) is 5. The van der Waals surface area contributed by atoms with E-state index in [1.54, 1.807) is 0 Å². The van der Waals surface area contributed by atoms with Gasteiger partial charge in [0.25, 0.3) is 0 Å². The summed E-state index contributed by atoms with van der Waals surface area (Å²) in [5.74, 6) is -0.760. The van der Waals surface area contributed by atoms with Crippen molar-refractivity contribution in [3.05, 3.63) is 12.4 Å². The SMILES string of the molecule is O=C(O)[C@H]1O[C@@H](Oc2cnc(N3CCN4C[C@H](CN5C(=O)CCC5=O)CC[C@H]4C3)nc2)[C@H](O)[C@@H](O)[C@@H]1O. The zero-order chi connectivity index (χ0) is 26.3. The minimum atomic E-state index is -1.80. The van der Waals surface area contributed by atoms with Gasteiger partial charge >= 0.3 is 5.97 Å². The minimum absolute atomic E-state index is 0.0680. The van der Waals surface area contributed by atoms with Crippen molar-refractivity contribution in [2.45, 2.75) is 62.4 Å². The Morgan fingerprint density at radius 1 is 1.00 bits per heavy atom. The number of ether oxygens (including phenoxy) is 2. The number of aliphatic hydroxyl groups is 3. The van der Waals surface area contributed by atoms with Crippen LogP contribution in [-0.2, 0) is 19.1 Å². The molecule has 0 bridgehead atoms. The van der Waals surface area contributed by atoms with Crippen LogP contribution in [0.25, 0.3) is 0 Å². The molecule has 5 rings (SSSR count). The molecule has 4 aliphatic rings. The van der Waals surface area contributed by atoms with E-state index < -0.39 is 36.7 Å². The van der Waals surface area contributed by atoms with Crippen molar-refractivity contribution < 1.29 is 44.3 Å². The van der Waals surface area contributed by atoms with Crippen LogP contribution in [0.2, 0.25) is 0 Å². The van der Waals surface area contributed by atoms with Crippen LogP contribution in [0.15, 0.2) is 12.4 Å². The average Bonchev–Trinajstić information content (AvgIpc) is 3.21. The molecule has 14 nitrogen and oxygen atoms in total. The monoisotopic (exact) mass is 521 g/mol. The summed E-state index contributed by atoms with van der Waals surface area (Å²) in [7, 11) is 0. The molecule has 4 saturated heterocycles. The van der Waals surface area contributed by atoms with Gasteiger partial charge in [-0.2, -0.15) is 0 Å². The van der Waals surface area contributed by atoms with Gasteiger partial charge in [0.05, 0.1) is 12.4 Å². The molecule has 0 saturated carbocycles. The second-order valence-corrected chi connectivity index (χ2v) is 10.0. The number of likely N-dealkylation sites (tertiary alicyclic amines) is 1. The lowest BCUT2D eigenvalue weighted by atomic mass is 9.90. The molecule has 37 heavy (non-hydrogen) atoms. The van der Waals surface area contributed by atoms with Gasteiger partial charge in [0.2, 0.25) is 24.1 Å². The lowest BCUT2D eigenvalue weighted by Crippen LogP contribution is -2.61. The van der Waals surface area contributed by atoms with Crippen LogP contribution in [-0.4, -0.2) is 127 Å². The van der Waals surface area contributed by atoms with Crippen molar-refractivity contribution in [3.8, 4) is 5.75 Å². The van der Waals surface area contributed by atoms with Crippen molar-refractivity contribution in [2.24, 2.45) is 5.92 Å². The number of hydrogen-bond acceptors (Lipinski definition) is 12. The third-order valence-electron chi connectivity index (χ3n) is 7.56. The number of anilines is 1. The number of aromatic nitrogens is 2. The van der Waals surface area contributed by atoms with Gasteiger partial charge in [0.15, 0.2) is 11.9 Å². The van der Waals surface area contributed by atoms with Crippen molar-refractivity contribution in [3.63, 3.8) is 0 Å². The molecule has 4 N–H and O–H groups in total. The number of carbonyl (C=O) groups is 3. The lowest BCUT2D eigenvalue weighted by molar-refractivity contribution is -0.271. The molecule has 0 radical (unpaired) electrons. The second kappa shape index (κ2) is 10.5. The van der Waals surface area contributed by atoms with E-state index in [0.29, 0.717) is 37.9 Å². The quantitative estimate of drug-likeness (QED) is 0.296. The van der Waals surface area contributed by atoms with E-state index in [9.17, 15) is 29.7 Å². The third-order valence-corrected chi connectivity index (χ3v) is 7.56. The molecule has 1 aromatic heterocycles. The van der Waals surface area contributed by atoms with Crippen LogP contribution >= 0.6 is 0 Å². The summed E-state index contributed by atoms with van der Waals surface area (Å²) in [6, 6.07) is 0.307. The van der Waals surface area contributed by atoms with Crippen LogP contribution in [0.4, 0.5) is 5.95 Å². The van der Waals surface area contributed by atoms with Crippen LogP contribution in [0, 0.1) is 5.92 Å². The number of rotatable bonds is 6. The van der Waals surface area contributed by atoms with Gasteiger partial charge in [-0.1, -0.05) is 0 Å². The number of fused-ring (bicyclic) bond motifs is 1. The first-order valence-corrected chi connectivity index (χ1v) is 12.4.